The summed E-state index contributed by atoms with van der Waals surface area (Å²) in [4.78, 5) is 39.1. The van der Waals surface area contributed by atoms with Crippen LogP contribution in [-0.4, -0.2) is 33.9 Å². The maximum absolute atomic E-state index is 12.3. The highest BCUT2D eigenvalue weighted by atomic mass is 35.5. The van der Waals surface area contributed by atoms with Gasteiger partial charge in [0, 0.05) is 18.3 Å². The molecule has 1 heterocycles. The molecule has 1 aliphatic rings. The predicted molar refractivity (Wildman–Crippen MR) is 102 cm³/mol. The van der Waals surface area contributed by atoms with Gasteiger partial charge in [-0.25, -0.2) is 9.78 Å². The van der Waals surface area contributed by atoms with Gasteiger partial charge in [-0.3, -0.25) is 14.9 Å². The Bertz CT molecular complexity index is 932. The van der Waals surface area contributed by atoms with Gasteiger partial charge in [0.15, 0.2) is 11.3 Å². The van der Waals surface area contributed by atoms with Crippen LogP contribution in [0.2, 0.25) is 5.15 Å². The van der Waals surface area contributed by atoms with Crippen LogP contribution in [0, 0.1) is 10.1 Å². The van der Waals surface area contributed by atoms with Crippen molar-refractivity contribution < 1.29 is 19.2 Å². The van der Waals surface area contributed by atoms with E-state index in [2.05, 4.69) is 15.6 Å². The van der Waals surface area contributed by atoms with Gasteiger partial charge in [-0.15, -0.1) is 0 Å². The molecule has 10 heteroatoms. The minimum absolute atomic E-state index is 0.0212. The minimum atomic E-state index is -1.15. The van der Waals surface area contributed by atoms with Gasteiger partial charge in [-0.1, -0.05) is 11.6 Å². The summed E-state index contributed by atoms with van der Waals surface area (Å²) in [6, 6.07) is 7.39. The molecule has 0 spiro atoms. The Morgan fingerprint density at radius 2 is 2.07 bits per heavy atom. The Labute approximate surface area is 165 Å². The molecule has 0 radical (unpaired) electrons. The first-order valence-electron chi connectivity index (χ1n) is 8.52. The molecule has 0 unspecified atom stereocenters. The summed E-state index contributed by atoms with van der Waals surface area (Å²) in [5.41, 5.74) is 0.386. The van der Waals surface area contributed by atoms with E-state index in [0.29, 0.717) is 5.69 Å². The number of pyridine rings is 1. The molecular weight excluding hydrogens is 388 g/mol. The van der Waals surface area contributed by atoms with Crippen LogP contribution in [-0.2, 0) is 9.53 Å². The van der Waals surface area contributed by atoms with E-state index < -0.39 is 22.9 Å². The van der Waals surface area contributed by atoms with E-state index in [0.717, 1.165) is 18.9 Å². The number of carbonyl (C=O) groups is 2. The summed E-state index contributed by atoms with van der Waals surface area (Å²) < 4.78 is 5.12. The molecule has 1 atom stereocenters. The van der Waals surface area contributed by atoms with E-state index >= 15 is 0 Å². The third-order valence-electron chi connectivity index (χ3n) is 4.04. The molecule has 146 valence electrons. The minimum Gasteiger partial charge on any atom is -0.449 e. The van der Waals surface area contributed by atoms with E-state index in [4.69, 9.17) is 16.3 Å². The summed E-state index contributed by atoms with van der Waals surface area (Å²) in [5.74, 6) is -1.45. The fourth-order valence-electron chi connectivity index (χ4n) is 2.38. The van der Waals surface area contributed by atoms with E-state index in [-0.39, 0.29) is 28.1 Å². The number of rotatable bonds is 7. The normalized spacial score (nSPS) is 14.1. The van der Waals surface area contributed by atoms with Gasteiger partial charge in [0.05, 0.1) is 16.2 Å². The number of nitrogens with one attached hydrogen (secondary N) is 2. The van der Waals surface area contributed by atoms with Gasteiger partial charge in [-0.05, 0) is 44.0 Å². The summed E-state index contributed by atoms with van der Waals surface area (Å²) in [6.45, 7) is 1.38. The van der Waals surface area contributed by atoms with Crippen molar-refractivity contribution in [1.29, 1.82) is 0 Å². The van der Waals surface area contributed by atoms with Crippen molar-refractivity contribution >= 4 is 40.5 Å². The lowest BCUT2D eigenvalue weighted by molar-refractivity contribution is -0.384. The number of hydrogen-bond acceptors (Lipinski definition) is 7. The van der Waals surface area contributed by atoms with Crippen molar-refractivity contribution in [3.05, 3.63) is 57.4 Å². The lowest BCUT2D eigenvalue weighted by atomic mass is 10.1. The highest BCUT2D eigenvalue weighted by molar-refractivity contribution is 6.32. The van der Waals surface area contributed by atoms with Crippen LogP contribution in [0.15, 0.2) is 36.5 Å². The average Bonchev–Trinajstić information content (AvgIpc) is 3.47. The van der Waals surface area contributed by atoms with Crippen molar-refractivity contribution in [2.24, 2.45) is 0 Å². The van der Waals surface area contributed by atoms with E-state index in [1.165, 1.54) is 25.3 Å². The number of aromatic nitrogens is 1. The lowest BCUT2D eigenvalue weighted by Gasteiger charge is -2.14. The second kappa shape index (κ2) is 8.22. The zero-order valence-electron chi connectivity index (χ0n) is 14.8. The fraction of sp³-hybridized carbons (Fsp3) is 0.278. The van der Waals surface area contributed by atoms with E-state index in [1.807, 2.05) is 0 Å². The quantitative estimate of drug-likeness (QED) is 0.313. The predicted octanol–water partition coefficient (Wildman–Crippen LogP) is 3.40. The number of carbonyl (C=O) groups excluding carboxylic acids is 2. The van der Waals surface area contributed by atoms with Crippen LogP contribution in [0.25, 0.3) is 0 Å². The maximum Gasteiger partial charge on any atom is 0.339 e. The number of benzene rings is 1. The first kappa shape index (κ1) is 19.6. The van der Waals surface area contributed by atoms with Crippen molar-refractivity contribution in [2.75, 3.05) is 10.6 Å². The van der Waals surface area contributed by atoms with Crippen LogP contribution in [0.5, 0.6) is 0 Å². The molecular formula is C18H17ClN4O5. The molecule has 9 nitrogen and oxygen atoms in total. The number of nitro groups is 1. The molecule has 3 rings (SSSR count). The Morgan fingerprint density at radius 1 is 1.32 bits per heavy atom. The van der Waals surface area contributed by atoms with Gasteiger partial charge in [-0.2, -0.15) is 0 Å². The summed E-state index contributed by atoms with van der Waals surface area (Å²) in [6.07, 6.45) is 2.23. The molecule has 1 aromatic heterocycles. The Morgan fingerprint density at radius 3 is 2.71 bits per heavy atom. The number of esters is 1. The third-order valence-corrected chi connectivity index (χ3v) is 4.34. The lowest BCUT2D eigenvalue weighted by Crippen LogP contribution is -2.30. The fourth-order valence-corrected chi connectivity index (χ4v) is 2.54. The average molecular weight is 405 g/mol. The number of anilines is 2. The SMILES string of the molecule is C[C@H](OC(=O)c1ccc(NC2CC2)c([N+](=O)[O-])c1)C(=O)Nc1cccnc1Cl. The highest BCUT2D eigenvalue weighted by Crippen LogP contribution is 2.31. The first-order chi connectivity index (χ1) is 13.3. The van der Waals surface area contributed by atoms with Gasteiger partial charge >= 0.3 is 5.97 Å². The topological polar surface area (TPSA) is 123 Å². The summed E-state index contributed by atoms with van der Waals surface area (Å²) in [5, 5.41) is 16.9. The zero-order chi connectivity index (χ0) is 20.3. The van der Waals surface area contributed by atoms with Gasteiger partial charge < -0.3 is 15.4 Å². The second-order valence-corrected chi connectivity index (χ2v) is 6.64. The molecule has 1 aliphatic carbocycles. The van der Waals surface area contributed by atoms with Crippen molar-refractivity contribution in [1.82, 2.24) is 4.98 Å². The van der Waals surface area contributed by atoms with Crippen LogP contribution in [0.4, 0.5) is 17.1 Å². The van der Waals surface area contributed by atoms with Crippen LogP contribution < -0.4 is 10.6 Å². The van der Waals surface area contributed by atoms with Gasteiger partial charge in [0.1, 0.15) is 5.69 Å². The number of nitro benzene ring substituents is 1. The molecule has 0 saturated heterocycles. The van der Waals surface area contributed by atoms with Crippen molar-refractivity contribution in [2.45, 2.75) is 31.9 Å². The molecule has 0 aliphatic heterocycles. The van der Waals surface area contributed by atoms with Crippen LogP contribution >= 0.6 is 11.6 Å². The van der Waals surface area contributed by atoms with E-state index in [9.17, 15) is 19.7 Å². The van der Waals surface area contributed by atoms with Crippen molar-refractivity contribution in [3.63, 3.8) is 0 Å². The second-order valence-electron chi connectivity index (χ2n) is 6.29. The zero-order valence-corrected chi connectivity index (χ0v) is 15.6. The Balaban J connectivity index is 1.67. The van der Waals surface area contributed by atoms with Gasteiger partial charge in [0.2, 0.25) is 0 Å². The standard InChI is InChI=1S/C18H17ClN4O5/c1-10(17(24)22-14-3-2-8-20-16(14)19)28-18(25)11-4-7-13(21-12-5-6-12)15(9-11)23(26)27/h2-4,7-10,12,21H,5-6H2,1H3,(H,22,24)/t10-/m0/s1. The monoisotopic (exact) mass is 404 g/mol. The van der Waals surface area contributed by atoms with Crippen molar-refractivity contribution in [3.8, 4) is 0 Å². The first-order valence-corrected chi connectivity index (χ1v) is 8.90. The summed E-state index contributed by atoms with van der Waals surface area (Å²) >= 11 is 5.87. The van der Waals surface area contributed by atoms with Crippen LogP contribution in [0.1, 0.15) is 30.1 Å². The van der Waals surface area contributed by atoms with Gasteiger partial charge in [0.25, 0.3) is 11.6 Å². The smallest absolute Gasteiger partial charge is 0.339 e. The molecule has 2 N–H and O–H groups in total. The molecule has 1 saturated carbocycles. The van der Waals surface area contributed by atoms with E-state index in [1.54, 1.807) is 12.1 Å². The number of hydrogen-bond donors (Lipinski definition) is 2. The maximum atomic E-state index is 12.3. The Kier molecular flexibility index (Phi) is 5.74. The molecule has 1 amide bonds. The summed E-state index contributed by atoms with van der Waals surface area (Å²) in [7, 11) is 0. The molecule has 28 heavy (non-hydrogen) atoms. The third kappa shape index (κ3) is 4.74. The number of halogens is 1. The molecule has 2 aromatic rings. The Hall–Kier alpha value is -3.20. The largest absolute Gasteiger partial charge is 0.449 e. The highest BCUT2D eigenvalue weighted by Gasteiger charge is 2.27. The molecule has 0 bridgehead atoms. The van der Waals surface area contributed by atoms with Crippen LogP contribution in [0.3, 0.4) is 0 Å². The number of amides is 1. The number of ether oxygens (including phenoxy) is 1. The number of nitrogens with zero attached hydrogens (tertiary/aromatic N) is 2. The molecule has 1 aromatic carbocycles. The molecule has 1 fully saturated rings.